The molecule has 2 aromatic rings. The Hall–Kier alpha value is -2.84. The highest BCUT2D eigenvalue weighted by Gasteiger charge is 2.40. The molecule has 0 aliphatic rings. The Morgan fingerprint density at radius 3 is 1.68 bits per heavy atom. The molecule has 22 heavy (non-hydrogen) atoms. The lowest BCUT2D eigenvalue weighted by Crippen LogP contribution is -2.36. The van der Waals surface area contributed by atoms with Gasteiger partial charge in [-0.25, -0.2) is 9.59 Å². The van der Waals surface area contributed by atoms with Crippen molar-refractivity contribution in [2.24, 2.45) is 9.98 Å². The van der Waals surface area contributed by atoms with Crippen LogP contribution in [0.15, 0.2) is 70.6 Å². The number of nitrogens with zero attached hydrogens (tertiary/aromatic N) is 2. The smallest absolute Gasteiger partial charge is 0.236 e. The van der Waals surface area contributed by atoms with Gasteiger partial charge in [0.1, 0.15) is 5.54 Å². The summed E-state index contributed by atoms with van der Waals surface area (Å²) >= 11 is 0. The number of rotatable bonds is 5. The van der Waals surface area contributed by atoms with Crippen LogP contribution >= 0.6 is 0 Å². The zero-order valence-corrected chi connectivity index (χ0v) is 12.1. The molecule has 112 valence electrons. The summed E-state index contributed by atoms with van der Waals surface area (Å²) in [4.78, 5) is 29.6. The molecule has 0 amide bonds. The molecule has 5 nitrogen and oxygen atoms in total. The fourth-order valence-electron chi connectivity index (χ4n) is 2.50. The van der Waals surface area contributed by atoms with E-state index in [0.29, 0.717) is 0 Å². The summed E-state index contributed by atoms with van der Waals surface area (Å²) in [6.07, 6.45) is 3.19. The zero-order valence-electron chi connectivity index (χ0n) is 12.1. The average Bonchev–Trinajstić information content (AvgIpc) is 2.54. The van der Waals surface area contributed by atoms with E-state index in [1.165, 1.54) is 0 Å². The highest BCUT2D eigenvalue weighted by Crippen LogP contribution is 2.38. The van der Waals surface area contributed by atoms with Gasteiger partial charge in [0.15, 0.2) is 0 Å². The zero-order chi connectivity index (χ0) is 15.1. The first-order valence-electron chi connectivity index (χ1n) is 6.52. The maximum atomic E-state index is 11.0. The quantitative estimate of drug-likeness (QED) is 0.625. The first kappa shape index (κ1) is 17.2. The highest BCUT2D eigenvalue weighted by molar-refractivity contribution is 5.48. The number of hydrogen-bond donors (Lipinski definition) is 0. The predicted molar refractivity (Wildman–Crippen MR) is 83.0 cm³/mol. The Balaban J connectivity index is 0.00000242. The molecule has 0 radical (unpaired) electrons. The van der Waals surface area contributed by atoms with Crippen molar-refractivity contribution in [3.05, 3.63) is 71.8 Å². The largest absolute Gasteiger partial charge is 0.412 e. The van der Waals surface area contributed by atoms with Crippen LogP contribution < -0.4 is 0 Å². The van der Waals surface area contributed by atoms with Crippen molar-refractivity contribution in [3.63, 3.8) is 0 Å². The van der Waals surface area contributed by atoms with Crippen LogP contribution in [0.25, 0.3) is 0 Å². The van der Waals surface area contributed by atoms with Gasteiger partial charge in [-0.15, -0.1) is 0 Å². The maximum Gasteiger partial charge on any atom is 0.236 e. The van der Waals surface area contributed by atoms with Crippen molar-refractivity contribution in [2.45, 2.75) is 18.5 Å². The summed E-state index contributed by atoms with van der Waals surface area (Å²) in [5.41, 5.74) is 0.457. The molecule has 1 atom stereocenters. The minimum atomic E-state index is -1.08. The first-order chi connectivity index (χ1) is 10.3. The number of isocyanates is 2. The van der Waals surface area contributed by atoms with Crippen LogP contribution in [-0.4, -0.2) is 23.7 Å². The molecule has 0 saturated heterocycles. The molecule has 0 aliphatic carbocycles. The molecule has 2 rings (SSSR count). The molecule has 0 bridgehead atoms. The van der Waals surface area contributed by atoms with Crippen molar-refractivity contribution in [3.8, 4) is 0 Å². The third-order valence-electron chi connectivity index (χ3n) is 3.50. The van der Waals surface area contributed by atoms with Gasteiger partial charge in [-0.05, 0) is 18.1 Å². The number of aliphatic imine (C=N–C) groups is 2. The average molecular weight is 296 g/mol. The number of benzene rings is 2. The summed E-state index contributed by atoms with van der Waals surface area (Å²) in [6, 6.07) is 18.0. The van der Waals surface area contributed by atoms with E-state index in [2.05, 4.69) is 9.98 Å². The van der Waals surface area contributed by atoms with Gasteiger partial charge in [-0.3, -0.25) is 0 Å². The standard InChI is InChI=1S/C17H14N2O2.H2O/c1-14(18-12-20)17(19-13-21,15-8-4-2-5-9-15)16-10-6-3-7-11-16;/h2-11,14H,1H3;1H2. The van der Waals surface area contributed by atoms with Crippen LogP contribution in [0.1, 0.15) is 18.1 Å². The van der Waals surface area contributed by atoms with E-state index in [0.717, 1.165) is 11.1 Å². The summed E-state index contributed by atoms with van der Waals surface area (Å²) in [5, 5.41) is 0. The van der Waals surface area contributed by atoms with Gasteiger partial charge in [0.05, 0.1) is 6.04 Å². The van der Waals surface area contributed by atoms with Gasteiger partial charge >= 0.3 is 0 Å². The van der Waals surface area contributed by atoms with Crippen LogP contribution in [0, 0.1) is 0 Å². The Labute approximate surface area is 128 Å². The summed E-state index contributed by atoms with van der Waals surface area (Å²) in [6.45, 7) is 1.73. The molecule has 2 aromatic carbocycles. The van der Waals surface area contributed by atoms with Crippen molar-refractivity contribution >= 4 is 12.2 Å². The van der Waals surface area contributed by atoms with Gasteiger partial charge < -0.3 is 5.48 Å². The summed E-state index contributed by atoms with van der Waals surface area (Å²) in [5.74, 6) is 0. The highest BCUT2D eigenvalue weighted by atomic mass is 16.1. The molecule has 5 heteroatoms. The van der Waals surface area contributed by atoms with Crippen LogP contribution in [-0.2, 0) is 15.1 Å². The van der Waals surface area contributed by atoms with Crippen LogP contribution in [0.2, 0.25) is 0 Å². The predicted octanol–water partition coefficient (Wildman–Crippen LogP) is 2.17. The van der Waals surface area contributed by atoms with Crippen LogP contribution in [0.5, 0.6) is 0 Å². The van der Waals surface area contributed by atoms with E-state index in [4.69, 9.17) is 0 Å². The third kappa shape index (κ3) is 3.08. The topological polar surface area (TPSA) is 90.4 Å². The lowest BCUT2D eigenvalue weighted by Gasteiger charge is -2.32. The summed E-state index contributed by atoms with van der Waals surface area (Å²) < 4.78 is 0. The Kier molecular flexibility index (Phi) is 6.11. The minimum Gasteiger partial charge on any atom is -0.412 e. The lowest BCUT2D eigenvalue weighted by molar-refractivity contribution is 0.440. The van der Waals surface area contributed by atoms with Crippen molar-refractivity contribution in [1.29, 1.82) is 0 Å². The van der Waals surface area contributed by atoms with Gasteiger partial charge in [0, 0.05) is 0 Å². The molecular weight excluding hydrogens is 280 g/mol. The lowest BCUT2D eigenvalue weighted by atomic mass is 9.78. The molecule has 0 heterocycles. The molecule has 1 unspecified atom stereocenters. The normalized spacial score (nSPS) is 11.3. The van der Waals surface area contributed by atoms with E-state index in [1.54, 1.807) is 19.1 Å². The van der Waals surface area contributed by atoms with Crippen LogP contribution in [0.3, 0.4) is 0 Å². The van der Waals surface area contributed by atoms with E-state index in [1.807, 2.05) is 60.7 Å². The third-order valence-corrected chi connectivity index (χ3v) is 3.50. The second-order valence-corrected chi connectivity index (χ2v) is 4.60. The molecule has 2 N–H and O–H groups in total. The van der Waals surface area contributed by atoms with E-state index in [9.17, 15) is 9.59 Å². The van der Waals surface area contributed by atoms with Gasteiger partial charge in [0.25, 0.3) is 0 Å². The Bertz CT molecular complexity index is 649. The van der Waals surface area contributed by atoms with Crippen molar-refractivity contribution < 1.29 is 15.1 Å². The minimum absolute atomic E-state index is 0. The summed E-state index contributed by atoms with van der Waals surface area (Å²) in [7, 11) is 0. The molecule has 0 aliphatic heterocycles. The van der Waals surface area contributed by atoms with Gasteiger partial charge in [-0.1, -0.05) is 60.7 Å². The van der Waals surface area contributed by atoms with E-state index in [-0.39, 0.29) is 5.48 Å². The fourth-order valence-corrected chi connectivity index (χ4v) is 2.50. The van der Waals surface area contributed by atoms with E-state index >= 15 is 0 Å². The number of carbonyl (C=O) groups excluding carboxylic acids is 2. The van der Waals surface area contributed by atoms with Crippen molar-refractivity contribution in [2.75, 3.05) is 0 Å². The molecule has 0 fully saturated rings. The second kappa shape index (κ2) is 7.81. The van der Waals surface area contributed by atoms with Crippen LogP contribution in [0.4, 0.5) is 0 Å². The fraction of sp³-hybridized carbons (Fsp3) is 0.176. The first-order valence-corrected chi connectivity index (χ1v) is 6.52. The number of hydrogen-bond acceptors (Lipinski definition) is 4. The molecule has 0 aromatic heterocycles. The Morgan fingerprint density at radius 2 is 1.32 bits per heavy atom. The second-order valence-electron chi connectivity index (χ2n) is 4.60. The monoisotopic (exact) mass is 296 g/mol. The maximum absolute atomic E-state index is 11.0. The molecule has 0 saturated carbocycles. The van der Waals surface area contributed by atoms with Crippen molar-refractivity contribution in [1.82, 2.24) is 0 Å². The molecular formula is C17H16N2O3. The SMILES string of the molecule is CC(N=C=O)C(N=C=O)(c1ccccc1)c1ccccc1.O. The van der Waals surface area contributed by atoms with Gasteiger partial charge in [-0.2, -0.15) is 9.98 Å². The molecule has 0 spiro atoms. The Morgan fingerprint density at radius 1 is 0.864 bits per heavy atom. The van der Waals surface area contributed by atoms with E-state index < -0.39 is 11.6 Å². The van der Waals surface area contributed by atoms with Gasteiger partial charge in [0.2, 0.25) is 12.2 Å².